The van der Waals surface area contributed by atoms with Crippen molar-refractivity contribution in [2.45, 2.75) is 13.5 Å². The van der Waals surface area contributed by atoms with E-state index in [1.54, 1.807) is 4.57 Å². The maximum Gasteiger partial charge on any atom is 0.344 e. The lowest BCUT2D eigenvalue weighted by Gasteiger charge is -2.09. The SMILES string of the molecule is Cc1cccc(-n2c(N)c(C(=O)OCc3ccccc3)c3nc4ccccc4nc32)c1. The van der Waals surface area contributed by atoms with E-state index in [1.807, 2.05) is 85.8 Å². The third kappa shape index (κ3) is 3.38. The molecule has 152 valence electrons. The van der Waals surface area contributed by atoms with Crippen LogP contribution in [0.4, 0.5) is 5.82 Å². The number of rotatable bonds is 4. The Morgan fingerprint density at radius 1 is 0.935 bits per heavy atom. The minimum Gasteiger partial charge on any atom is -0.457 e. The Hall–Kier alpha value is -4.19. The molecule has 0 unspecified atom stereocenters. The Morgan fingerprint density at radius 2 is 1.65 bits per heavy atom. The van der Waals surface area contributed by atoms with Gasteiger partial charge in [0.25, 0.3) is 0 Å². The predicted octanol–water partition coefficient (Wildman–Crippen LogP) is 4.82. The first-order chi connectivity index (χ1) is 15.1. The second-order valence-corrected chi connectivity index (χ2v) is 7.38. The molecule has 2 heterocycles. The van der Waals surface area contributed by atoms with E-state index in [0.29, 0.717) is 16.7 Å². The molecule has 0 aliphatic heterocycles. The lowest BCUT2D eigenvalue weighted by molar-refractivity contribution is 0.0476. The van der Waals surface area contributed by atoms with Crippen molar-refractivity contribution in [3.05, 3.63) is 95.6 Å². The molecule has 3 aromatic carbocycles. The van der Waals surface area contributed by atoms with E-state index in [0.717, 1.165) is 22.3 Å². The maximum atomic E-state index is 13.1. The predicted molar refractivity (Wildman–Crippen MR) is 121 cm³/mol. The van der Waals surface area contributed by atoms with Gasteiger partial charge in [-0.3, -0.25) is 4.57 Å². The average molecular weight is 408 g/mol. The first-order valence-electron chi connectivity index (χ1n) is 9.96. The number of aryl methyl sites for hydroxylation is 1. The first kappa shape index (κ1) is 18.8. The number of hydrogen-bond donors (Lipinski definition) is 1. The summed E-state index contributed by atoms with van der Waals surface area (Å²) in [7, 11) is 0. The lowest BCUT2D eigenvalue weighted by Crippen LogP contribution is -2.09. The molecule has 0 saturated heterocycles. The van der Waals surface area contributed by atoms with Gasteiger partial charge in [-0.05, 0) is 42.3 Å². The van der Waals surface area contributed by atoms with Gasteiger partial charge in [0.05, 0.1) is 11.0 Å². The number of hydrogen-bond acceptors (Lipinski definition) is 5. The molecule has 0 amide bonds. The molecule has 6 nitrogen and oxygen atoms in total. The second kappa shape index (κ2) is 7.57. The van der Waals surface area contributed by atoms with E-state index >= 15 is 0 Å². The number of para-hydroxylation sites is 2. The highest BCUT2D eigenvalue weighted by Gasteiger charge is 2.26. The maximum absolute atomic E-state index is 13.1. The lowest BCUT2D eigenvalue weighted by atomic mass is 10.2. The van der Waals surface area contributed by atoms with Crippen LogP contribution in [0.2, 0.25) is 0 Å². The van der Waals surface area contributed by atoms with E-state index in [-0.39, 0.29) is 18.0 Å². The van der Waals surface area contributed by atoms with Crippen molar-refractivity contribution in [2.75, 3.05) is 5.73 Å². The minimum absolute atomic E-state index is 0.150. The molecule has 0 aliphatic rings. The number of carbonyl (C=O) groups is 1. The fourth-order valence-electron chi connectivity index (χ4n) is 3.69. The Bertz CT molecular complexity index is 1420. The van der Waals surface area contributed by atoms with Gasteiger partial charge in [0.2, 0.25) is 0 Å². The van der Waals surface area contributed by atoms with Crippen molar-refractivity contribution in [1.82, 2.24) is 14.5 Å². The molecule has 0 bridgehead atoms. The van der Waals surface area contributed by atoms with Crippen LogP contribution in [0.5, 0.6) is 0 Å². The highest BCUT2D eigenvalue weighted by Crippen LogP contribution is 2.31. The van der Waals surface area contributed by atoms with Gasteiger partial charge in [0.15, 0.2) is 5.65 Å². The number of esters is 1. The Labute approximate surface area is 178 Å². The smallest absolute Gasteiger partial charge is 0.344 e. The molecule has 0 aliphatic carbocycles. The Kier molecular flexibility index (Phi) is 4.59. The summed E-state index contributed by atoms with van der Waals surface area (Å²) >= 11 is 0. The van der Waals surface area contributed by atoms with Crippen molar-refractivity contribution >= 4 is 34.0 Å². The van der Waals surface area contributed by atoms with Gasteiger partial charge in [-0.2, -0.15) is 0 Å². The number of nitrogens with two attached hydrogens (primary N) is 1. The Morgan fingerprint density at radius 3 is 2.39 bits per heavy atom. The molecule has 0 atom stereocenters. The van der Waals surface area contributed by atoms with Gasteiger partial charge in [0, 0.05) is 5.69 Å². The van der Waals surface area contributed by atoms with E-state index in [9.17, 15) is 4.79 Å². The molecule has 5 rings (SSSR count). The number of aromatic nitrogens is 3. The third-order valence-corrected chi connectivity index (χ3v) is 5.17. The summed E-state index contributed by atoms with van der Waals surface area (Å²) in [6.07, 6.45) is 0. The minimum atomic E-state index is -0.526. The van der Waals surface area contributed by atoms with Crippen molar-refractivity contribution in [2.24, 2.45) is 0 Å². The van der Waals surface area contributed by atoms with Crippen LogP contribution in [0.1, 0.15) is 21.5 Å². The molecule has 31 heavy (non-hydrogen) atoms. The molecule has 2 N–H and O–H groups in total. The molecule has 0 saturated carbocycles. The van der Waals surface area contributed by atoms with E-state index in [4.69, 9.17) is 20.4 Å². The molecule has 0 spiro atoms. The van der Waals surface area contributed by atoms with Gasteiger partial charge in [-0.15, -0.1) is 0 Å². The van der Waals surface area contributed by atoms with Gasteiger partial charge in [-0.25, -0.2) is 14.8 Å². The highest BCUT2D eigenvalue weighted by atomic mass is 16.5. The number of nitrogens with zero attached hydrogens (tertiary/aromatic N) is 3. The molecule has 0 fully saturated rings. The van der Waals surface area contributed by atoms with Gasteiger partial charge >= 0.3 is 5.97 Å². The zero-order valence-electron chi connectivity index (χ0n) is 16.9. The van der Waals surface area contributed by atoms with Crippen LogP contribution >= 0.6 is 0 Å². The quantitative estimate of drug-likeness (QED) is 0.431. The fourth-order valence-corrected chi connectivity index (χ4v) is 3.69. The molecular weight excluding hydrogens is 388 g/mol. The van der Waals surface area contributed by atoms with Crippen molar-refractivity contribution < 1.29 is 9.53 Å². The highest BCUT2D eigenvalue weighted by molar-refractivity contribution is 6.09. The molecule has 5 aromatic rings. The summed E-state index contributed by atoms with van der Waals surface area (Å²) < 4.78 is 7.35. The topological polar surface area (TPSA) is 83.0 Å². The summed E-state index contributed by atoms with van der Waals surface area (Å²) in [6, 6.07) is 24.9. The summed E-state index contributed by atoms with van der Waals surface area (Å²) in [5.41, 5.74) is 11.9. The van der Waals surface area contributed by atoms with E-state index in [1.165, 1.54) is 0 Å². The van der Waals surface area contributed by atoms with Crippen LogP contribution in [0, 0.1) is 6.92 Å². The van der Waals surface area contributed by atoms with E-state index < -0.39 is 5.97 Å². The van der Waals surface area contributed by atoms with Crippen LogP contribution in [-0.2, 0) is 11.3 Å². The summed E-state index contributed by atoms with van der Waals surface area (Å²) in [4.78, 5) is 22.6. The van der Waals surface area contributed by atoms with E-state index in [2.05, 4.69) is 0 Å². The van der Waals surface area contributed by atoms with Crippen molar-refractivity contribution in [1.29, 1.82) is 0 Å². The fraction of sp³-hybridized carbons (Fsp3) is 0.0800. The van der Waals surface area contributed by atoms with Crippen molar-refractivity contribution in [3.63, 3.8) is 0 Å². The zero-order valence-corrected chi connectivity index (χ0v) is 16.9. The zero-order chi connectivity index (χ0) is 21.4. The number of benzene rings is 3. The van der Waals surface area contributed by atoms with Gasteiger partial charge < -0.3 is 10.5 Å². The van der Waals surface area contributed by atoms with Crippen LogP contribution < -0.4 is 5.73 Å². The summed E-state index contributed by atoms with van der Waals surface area (Å²) in [5, 5.41) is 0. The third-order valence-electron chi connectivity index (χ3n) is 5.17. The standard InChI is InChI=1S/C25H20N4O2/c1-16-8-7-11-18(14-16)29-23(26)21(25(30)31-15-17-9-3-2-4-10-17)22-24(29)28-20-13-6-5-12-19(20)27-22/h2-14H,15,26H2,1H3. The average Bonchev–Trinajstić information content (AvgIpc) is 3.07. The van der Waals surface area contributed by atoms with Crippen molar-refractivity contribution in [3.8, 4) is 5.69 Å². The normalized spacial score (nSPS) is 11.1. The number of carbonyl (C=O) groups excluding carboxylic acids is 1. The summed E-state index contributed by atoms with van der Waals surface area (Å²) in [6.45, 7) is 2.15. The number of nitrogen functional groups attached to an aromatic ring is 1. The monoisotopic (exact) mass is 408 g/mol. The van der Waals surface area contributed by atoms with Crippen LogP contribution in [0.15, 0.2) is 78.9 Å². The van der Waals surface area contributed by atoms with Crippen LogP contribution in [0.3, 0.4) is 0 Å². The molecule has 6 heteroatoms. The number of ether oxygens (including phenoxy) is 1. The van der Waals surface area contributed by atoms with Crippen LogP contribution in [0.25, 0.3) is 27.9 Å². The molecule has 0 radical (unpaired) electrons. The second-order valence-electron chi connectivity index (χ2n) is 7.38. The Balaban J connectivity index is 1.69. The van der Waals surface area contributed by atoms with Gasteiger partial charge in [0.1, 0.15) is 23.5 Å². The number of anilines is 1. The molecule has 2 aromatic heterocycles. The first-order valence-corrected chi connectivity index (χ1v) is 9.96. The number of fused-ring (bicyclic) bond motifs is 2. The molecular formula is C25H20N4O2. The van der Waals surface area contributed by atoms with Gasteiger partial charge in [-0.1, -0.05) is 54.6 Å². The summed E-state index contributed by atoms with van der Waals surface area (Å²) in [5.74, 6) is -0.267. The van der Waals surface area contributed by atoms with Crippen LogP contribution in [-0.4, -0.2) is 20.5 Å². The largest absolute Gasteiger partial charge is 0.457 e.